The average molecular weight is 548 g/mol. The maximum Gasteiger partial charge on any atom is 0.422 e. The maximum atomic E-state index is 13.2. The number of benzene rings is 2. The van der Waals surface area contributed by atoms with E-state index in [0.717, 1.165) is 44.1 Å². The number of halogens is 3. The summed E-state index contributed by atoms with van der Waals surface area (Å²) in [5.41, 5.74) is 8.72. The third-order valence-corrected chi connectivity index (χ3v) is 7.84. The van der Waals surface area contributed by atoms with Crippen molar-refractivity contribution in [3.8, 4) is 11.5 Å². The monoisotopic (exact) mass is 547 g/mol. The second kappa shape index (κ2) is 12.0. The van der Waals surface area contributed by atoms with Crippen LogP contribution in [0.15, 0.2) is 42.5 Å². The number of carbonyl (C=O) groups is 1. The Balaban J connectivity index is 1.21. The predicted molar refractivity (Wildman–Crippen MR) is 141 cm³/mol. The van der Waals surface area contributed by atoms with E-state index in [-0.39, 0.29) is 36.3 Å². The van der Waals surface area contributed by atoms with Gasteiger partial charge in [-0.05, 0) is 50.7 Å². The number of amides is 1. The molecule has 1 saturated heterocycles. The number of hydrogen-bond donors (Lipinski definition) is 1. The van der Waals surface area contributed by atoms with Crippen LogP contribution in [0.5, 0.6) is 11.5 Å². The SMILES string of the molecule is NC1CCC(Oc2ccc(CC(=O)N3CCC(N4COCc5ccccc54)CC3)c(OCC(F)(F)F)c2)CC1. The molecule has 0 bridgehead atoms. The first-order valence-corrected chi connectivity index (χ1v) is 13.7. The topological polar surface area (TPSA) is 77.3 Å². The van der Waals surface area contributed by atoms with E-state index in [1.165, 1.54) is 11.8 Å². The summed E-state index contributed by atoms with van der Waals surface area (Å²) in [5, 5.41) is 0. The van der Waals surface area contributed by atoms with Crippen molar-refractivity contribution in [2.45, 2.75) is 75.9 Å². The van der Waals surface area contributed by atoms with Crippen molar-refractivity contribution >= 4 is 11.6 Å². The van der Waals surface area contributed by atoms with Crippen LogP contribution in [-0.2, 0) is 22.6 Å². The molecule has 3 aliphatic rings. The zero-order valence-electron chi connectivity index (χ0n) is 22.0. The van der Waals surface area contributed by atoms with E-state index < -0.39 is 12.8 Å². The number of anilines is 1. The summed E-state index contributed by atoms with van der Waals surface area (Å²) in [4.78, 5) is 17.3. The standard InChI is InChI=1S/C29H36F3N3O4/c30-29(31,32)18-38-27-16-25(39-24-9-6-22(33)7-10-24)8-5-20(27)15-28(36)34-13-11-23(12-14-34)35-19-37-17-21-3-1-2-4-26(21)35/h1-5,8,16,22-24H,6-7,9-15,17-19,33H2. The minimum Gasteiger partial charge on any atom is -0.490 e. The molecule has 2 heterocycles. The summed E-state index contributed by atoms with van der Waals surface area (Å²) in [6, 6.07) is 13.4. The lowest BCUT2D eigenvalue weighted by Crippen LogP contribution is -2.49. The van der Waals surface area contributed by atoms with Gasteiger partial charge in [0.2, 0.25) is 5.91 Å². The quantitative estimate of drug-likeness (QED) is 0.537. The van der Waals surface area contributed by atoms with Crippen molar-refractivity contribution in [3.63, 3.8) is 0 Å². The van der Waals surface area contributed by atoms with Crippen LogP contribution in [0.3, 0.4) is 0 Å². The molecule has 0 unspecified atom stereocenters. The van der Waals surface area contributed by atoms with Crippen molar-refractivity contribution in [3.05, 3.63) is 53.6 Å². The first-order chi connectivity index (χ1) is 18.7. The number of hydrogen-bond acceptors (Lipinski definition) is 6. The first-order valence-electron chi connectivity index (χ1n) is 13.7. The number of likely N-dealkylation sites (tertiary alicyclic amines) is 1. The number of nitrogens with two attached hydrogens (primary N) is 1. The molecule has 212 valence electrons. The maximum absolute atomic E-state index is 13.2. The smallest absolute Gasteiger partial charge is 0.422 e. The highest BCUT2D eigenvalue weighted by Gasteiger charge is 2.31. The van der Waals surface area contributed by atoms with Crippen molar-refractivity contribution in [2.24, 2.45) is 5.73 Å². The van der Waals surface area contributed by atoms with E-state index in [4.69, 9.17) is 19.9 Å². The van der Waals surface area contributed by atoms with E-state index in [9.17, 15) is 18.0 Å². The molecule has 2 aromatic rings. The summed E-state index contributed by atoms with van der Waals surface area (Å²) in [6.07, 6.45) is 0.313. The molecule has 7 nitrogen and oxygen atoms in total. The van der Waals surface area contributed by atoms with Crippen LogP contribution in [0.2, 0.25) is 0 Å². The fraction of sp³-hybridized carbons (Fsp3) is 0.552. The largest absolute Gasteiger partial charge is 0.490 e. The Morgan fingerprint density at radius 1 is 1.03 bits per heavy atom. The Hall–Kier alpha value is -2.98. The van der Waals surface area contributed by atoms with Crippen LogP contribution < -0.4 is 20.1 Å². The highest BCUT2D eigenvalue weighted by atomic mass is 19.4. The van der Waals surface area contributed by atoms with E-state index in [1.54, 1.807) is 17.0 Å². The zero-order chi connectivity index (χ0) is 27.4. The predicted octanol–water partition coefficient (Wildman–Crippen LogP) is 4.80. The minimum absolute atomic E-state index is 0.0302. The molecule has 10 heteroatoms. The van der Waals surface area contributed by atoms with Gasteiger partial charge in [-0.2, -0.15) is 13.2 Å². The zero-order valence-corrected chi connectivity index (χ0v) is 22.0. The van der Waals surface area contributed by atoms with Crippen molar-refractivity contribution in [1.29, 1.82) is 0 Å². The van der Waals surface area contributed by atoms with Gasteiger partial charge in [-0.1, -0.05) is 24.3 Å². The van der Waals surface area contributed by atoms with Gasteiger partial charge in [0.25, 0.3) is 0 Å². The van der Waals surface area contributed by atoms with Crippen LogP contribution in [0.1, 0.15) is 49.7 Å². The second-order valence-electron chi connectivity index (χ2n) is 10.7. The van der Waals surface area contributed by atoms with Crippen LogP contribution >= 0.6 is 0 Å². The molecule has 0 spiro atoms. The third kappa shape index (κ3) is 7.16. The Bertz CT molecular complexity index is 1130. The highest BCUT2D eigenvalue weighted by Crippen LogP contribution is 2.33. The number of fused-ring (bicyclic) bond motifs is 1. The van der Waals surface area contributed by atoms with Gasteiger partial charge in [0.05, 0.1) is 19.1 Å². The molecule has 2 aliphatic heterocycles. The Labute approximate surface area is 227 Å². The molecular formula is C29H36F3N3O4. The van der Waals surface area contributed by atoms with E-state index in [0.29, 0.717) is 37.7 Å². The van der Waals surface area contributed by atoms with Crippen molar-refractivity contribution < 1.29 is 32.2 Å². The van der Waals surface area contributed by atoms with Gasteiger partial charge in [-0.3, -0.25) is 4.79 Å². The summed E-state index contributed by atoms with van der Waals surface area (Å²) in [5.74, 6) is 0.340. The molecule has 5 rings (SSSR count). The Morgan fingerprint density at radius 3 is 2.51 bits per heavy atom. The molecular weight excluding hydrogens is 511 g/mol. The lowest BCUT2D eigenvalue weighted by molar-refractivity contribution is -0.153. The van der Waals surface area contributed by atoms with Crippen molar-refractivity contribution in [1.82, 2.24) is 4.90 Å². The van der Waals surface area contributed by atoms with Gasteiger partial charge in [-0.25, -0.2) is 0 Å². The third-order valence-electron chi connectivity index (χ3n) is 7.84. The van der Waals surface area contributed by atoms with E-state index in [2.05, 4.69) is 17.0 Å². The highest BCUT2D eigenvalue weighted by molar-refractivity contribution is 5.79. The molecule has 2 aromatic carbocycles. The molecule has 0 atom stereocenters. The lowest BCUT2D eigenvalue weighted by Gasteiger charge is -2.42. The summed E-state index contributed by atoms with van der Waals surface area (Å²) < 4.78 is 55.8. The summed E-state index contributed by atoms with van der Waals surface area (Å²) >= 11 is 0. The number of alkyl halides is 3. The number of para-hydroxylation sites is 1. The van der Waals surface area contributed by atoms with Crippen LogP contribution in [0, 0.1) is 0 Å². The van der Waals surface area contributed by atoms with Crippen LogP contribution in [-0.4, -0.2) is 61.6 Å². The molecule has 1 saturated carbocycles. The van der Waals surface area contributed by atoms with Crippen LogP contribution in [0.25, 0.3) is 0 Å². The molecule has 1 amide bonds. The molecule has 2 fully saturated rings. The summed E-state index contributed by atoms with van der Waals surface area (Å²) in [6.45, 7) is 0.845. The molecule has 0 radical (unpaired) electrons. The minimum atomic E-state index is -4.49. The second-order valence-corrected chi connectivity index (χ2v) is 10.7. The van der Waals surface area contributed by atoms with Gasteiger partial charge in [0.15, 0.2) is 6.61 Å². The molecule has 1 aliphatic carbocycles. The number of piperidine rings is 1. The molecule has 2 N–H and O–H groups in total. The number of carbonyl (C=O) groups excluding carboxylic acids is 1. The Kier molecular flexibility index (Phi) is 8.52. The van der Waals surface area contributed by atoms with Crippen LogP contribution in [0.4, 0.5) is 18.9 Å². The van der Waals surface area contributed by atoms with E-state index in [1.807, 2.05) is 12.1 Å². The normalized spacial score (nSPS) is 22.4. The average Bonchev–Trinajstić information content (AvgIpc) is 2.93. The van der Waals surface area contributed by atoms with Gasteiger partial charge in [-0.15, -0.1) is 0 Å². The number of rotatable bonds is 7. The number of ether oxygens (including phenoxy) is 3. The van der Waals surface area contributed by atoms with Gasteiger partial charge in [0, 0.05) is 48.1 Å². The first kappa shape index (κ1) is 27.6. The molecule has 39 heavy (non-hydrogen) atoms. The molecule has 0 aromatic heterocycles. The van der Waals surface area contributed by atoms with Gasteiger partial charge < -0.3 is 29.7 Å². The number of nitrogens with zero attached hydrogens (tertiary/aromatic N) is 2. The fourth-order valence-corrected chi connectivity index (χ4v) is 5.69. The fourth-order valence-electron chi connectivity index (χ4n) is 5.69. The van der Waals surface area contributed by atoms with Gasteiger partial charge >= 0.3 is 6.18 Å². The van der Waals surface area contributed by atoms with Crippen molar-refractivity contribution in [2.75, 3.05) is 31.3 Å². The van der Waals surface area contributed by atoms with E-state index >= 15 is 0 Å². The Morgan fingerprint density at radius 2 is 1.77 bits per heavy atom. The lowest BCUT2D eigenvalue weighted by atomic mass is 9.94. The summed E-state index contributed by atoms with van der Waals surface area (Å²) in [7, 11) is 0. The van der Waals surface area contributed by atoms with Gasteiger partial charge in [0.1, 0.15) is 18.2 Å².